The molecule has 0 unspecified atom stereocenters. The number of hydrogen-bond donors (Lipinski definition) is 1. The molecule has 0 saturated carbocycles. The molecule has 4 heteroatoms. The standard InChI is InChI=1S/C16H24ClNOS/c1-11(2)12(3)15(18-20(19)16(4,5)6)13-7-9-14(17)10-8-13/h7-10,15,18H,1-6H3/t15-,20-/m1/s1. The van der Waals surface area contributed by atoms with Crippen molar-refractivity contribution in [1.82, 2.24) is 4.72 Å². The monoisotopic (exact) mass is 313 g/mol. The smallest absolute Gasteiger partial charge is 0.0978 e. The highest BCUT2D eigenvalue weighted by Crippen LogP contribution is 2.27. The van der Waals surface area contributed by atoms with E-state index >= 15 is 0 Å². The van der Waals surface area contributed by atoms with E-state index in [9.17, 15) is 4.21 Å². The van der Waals surface area contributed by atoms with Gasteiger partial charge in [-0.15, -0.1) is 0 Å². The van der Waals surface area contributed by atoms with E-state index in [1.807, 2.05) is 45.0 Å². The van der Waals surface area contributed by atoms with Crippen LogP contribution in [-0.2, 0) is 11.0 Å². The lowest BCUT2D eigenvalue weighted by atomic mass is 9.98. The van der Waals surface area contributed by atoms with Gasteiger partial charge in [-0.1, -0.05) is 34.9 Å². The molecular formula is C16H24ClNOS. The molecule has 0 saturated heterocycles. The van der Waals surface area contributed by atoms with Crippen molar-refractivity contribution in [3.63, 3.8) is 0 Å². The lowest BCUT2D eigenvalue weighted by Gasteiger charge is -2.26. The fourth-order valence-corrected chi connectivity index (χ4v) is 2.64. The normalized spacial score (nSPS) is 14.8. The number of allylic oxidation sites excluding steroid dienone is 1. The Kier molecular flexibility index (Phi) is 5.99. The summed E-state index contributed by atoms with van der Waals surface area (Å²) in [7, 11) is -1.13. The van der Waals surface area contributed by atoms with Crippen molar-refractivity contribution in [1.29, 1.82) is 0 Å². The van der Waals surface area contributed by atoms with Gasteiger partial charge >= 0.3 is 0 Å². The second kappa shape index (κ2) is 6.88. The average molecular weight is 314 g/mol. The second-order valence-corrected chi connectivity index (χ2v) is 8.60. The summed E-state index contributed by atoms with van der Waals surface area (Å²) in [6.45, 7) is 12.1. The van der Waals surface area contributed by atoms with Crippen LogP contribution >= 0.6 is 11.6 Å². The molecule has 0 aliphatic heterocycles. The number of nitrogens with one attached hydrogen (secondary N) is 1. The summed E-state index contributed by atoms with van der Waals surface area (Å²) < 4.78 is 15.3. The number of rotatable bonds is 4. The number of benzene rings is 1. The molecule has 1 rings (SSSR count). The Morgan fingerprint density at radius 1 is 1.15 bits per heavy atom. The maximum atomic E-state index is 12.4. The Labute approximate surface area is 130 Å². The third-order valence-electron chi connectivity index (χ3n) is 3.21. The van der Waals surface area contributed by atoms with Crippen LogP contribution in [0.15, 0.2) is 35.4 Å². The van der Waals surface area contributed by atoms with Gasteiger partial charge in [0.05, 0.1) is 21.8 Å². The minimum atomic E-state index is -1.13. The van der Waals surface area contributed by atoms with Crippen LogP contribution in [-0.4, -0.2) is 8.96 Å². The van der Waals surface area contributed by atoms with Crippen LogP contribution in [0.5, 0.6) is 0 Å². The molecule has 0 fully saturated rings. The zero-order chi connectivity index (χ0) is 15.5. The summed E-state index contributed by atoms with van der Waals surface area (Å²) in [4.78, 5) is 0. The van der Waals surface area contributed by atoms with Crippen LogP contribution in [0.4, 0.5) is 0 Å². The Morgan fingerprint density at radius 2 is 1.65 bits per heavy atom. The van der Waals surface area contributed by atoms with Gasteiger partial charge in [-0.3, -0.25) is 0 Å². The molecule has 0 aliphatic carbocycles. The molecule has 0 spiro atoms. The molecule has 0 aromatic heterocycles. The first-order valence-corrected chi connectivity index (χ1v) is 8.23. The zero-order valence-electron chi connectivity index (χ0n) is 13.1. The van der Waals surface area contributed by atoms with Crippen LogP contribution in [0.3, 0.4) is 0 Å². The lowest BCUT2D eigenvalue weighted by Crippen LogP contribution is -2.36. The van der Waals surface area contributed by atoms with Crippen molar-refractivity contribution >= 4 is 22.6 Å². The molecule has 0 bridgehead atoms. The van der Waals surface area contributed by atoms with Crippen molar-refractivity contribution in [2.24, 2.45) is 0 Å². The van der Waals surface area contributed by atoms with Gasteiger partial charge in [-0.05, 0) is 59.2 Å². The van der Waals surface area contributed by atoms with E-state index in [0.717, 1.165) is 5.56 Å². The van der Waals surface area contributed by atoms with Crippen molar-refractivity contribution in [2.75, 3.05) is 0 Å². The van der Waals surface area contributed by atoms with Gasteiger partial charge in [0.1, 0.15) is 0 Å². The van der Waals surface area contributed by atoms with E-state index in [1.165, 1.54) is 11.1 Å². The SMILES string of the molecule is CC(C)=C(C)[C@@H](N[S@](=O)C(C)(C)C)c1ccc(Cl)cc1. The summed E-state index contributed by atoms with van der Waals surface area (Å²) in [5, 5.41) is 0.708. The molecule has 0 aliphatic rings. The topological polar surface area (TPSA) is 29.1 Å². The number of hydrogen-bond acceptors (Lipinski definition) is 1. The van der Waals surface area contributed by atoms with E-state index < -0.39 is 11.0 Å². The van der Waals surface area contributed by atoms with Crippen molar-refractivity contribution in [2.45, 2.75) is 52.3 Å². The third kappa shape index (κ3) is 4.72. The van der Waals surface area contributed by atoms with Crippen molar-refractivity contribution in [3.8, 4) is 0 Å². The first-order valence-electron chi connectivity index (χ1n) is 6.70. The average Bonchev–Trinajstić information content (AvgIpc) is 2.34. The van der Waals surface area contributed by atoms with Crippen LogP contribution in [0.25, 0.3) is 0 Å². The maximum absolute atomic E-state index is 12.4. The highest BCUT2D eigenvalue weighted by molar-refractivity contribution is 7.84. The van der Waals surface area contributed by atoms with Gasteiger partial charge in [0.2, 0.25) is 0 Å². The predicted octanol–water partition coefficient (Wildman–Crippen LogP) is 4.79. The summed E-state index contributed by atoms with van der Waals surface area (Å²) >= 11 is 5.94. The van der Waals surface area contributed by atoms with E-state index in [1.54, 1.807) is 0 Å². The Balaban J connectivity index is 3.14. The minimum Gasteiger partial charge on any atom is -0.242 e. The minimum absolute atomic E-state index is 0.0580. The first-order chi connectivity index (χ1) is 9.12. The highest BCUT2D eigenvalue weighted by atomic mass is 35.5. The second-order valence-electron chi connectivity index (χ2n) is 6.17. The van der Waals surface area contributed by atoms with Gasteiger partial charge in [0.25, 0.3) is 0 Å². The summed E-state index contributed by atoms with van der Waals surface area (Å²) in [6, 6.07) is 7.63. The van der Waals surface area contributed by atoms with Crippen LogP contribution in [0, 0.1) is 0 Å². The van der Waals surface area contributed by atoms with E-state index in [4.69, 9.17) is 11.6 Å². The van der Waals surface area contributed by atoms with E-state index in [2.05, 4.69) is 25.5 Å². The molecule has 112 valence electrons. The fraction of sp³-hybridized carbons (Fsp3) is 0.500. The molecular weight excluding hydrogens is 290 g/mol. The molecule has 0 heterocycles. The maximum Gasteiger partial charge on any atom is 0.0978 e. The molecule has 1 N–H and O–H groups in total. The zero-order valence-corrected chi connectivity index (χ0v) is 14.7. The highest BCUT2D eigenvalue weighted by Gasteiger charge is 2.24. The summed E-state index contributed by atoms with van der Waals surface area (Å²) in [6.07, 6.45) is 0. The Bertz CT molecular complexity index is 510. The van der Waals surface area contributed by atoms with Crippen LogP contribution < -0.4 is 4.72 Å². The van der Waals surface area contributed by atoms with Crippen LogP contribution in [0.2, 0.25) is 5.02 Å². The van der Waals surface area contributed by atoms with Gasteiger partial charge in [-0.25, -0.2) is 8.93 Å². The summed E-state index contributed by atoms with van der Waals surface area (Å²) in [5.41, 5.74) is 3.49. The molecule has 0 radical (unpaired) electrons. The number of halogens is 1. The largest absolute Gasteiger partial charge is 0.242 e. The van der Waals surface area contributed by atoms with Gasteiger partial charge < -0.3 is 0 Å². The van der Waals surface area contributed by atoms with E-state index in [0.29, 0.717) is 5.02 Å². The molecule has 1 aromatic rings. The molecule has 20 heavy (non-hydrogen) atoms. The molecule has 2 atom stereocenters. The van der Waals surface area contributed by atoms with Crippen molar-refractivity contribution < 1.29 is 4.21 Å². The quantitative estimate of drug-likeness (QED) is 0.796. The van der Waals surface area contributed by atoms with Gasteiger partial charge in [-0.2, -0.15) is 0 Å². The van der Waals surface area contributed by atoms with Gasteiger partial charge in [0, 0.05) is 5.02 Å². The third-order valence-corrected chi connectivity index (χ3v) is 5.02. The Hall–Kier alpha value is -0.640. The molecule has 1 aromatic carbocycles. The summed E-state index contributed by atoms with van der Waals surface area (Å²) in [5.74, 6) is 0. The fourth-order valence-electron chi connectivity index (χ4n) is 1.63. The Morgan fingerprint density at radius 3 is 2.05 bits per heavy atom. The first kappa shape index (κ1) is 17.4. The van der Waals surface area contributed by atoms with Crippen molar-refractivity contribution in [3.05, 3.63) is 46.0 Å². The predicted molar refractivity (Wildman–Crippen MR) is 89.3 cm³/mol. The molecule has 0 amide bonds. The molecule has 2 nitrogen and oxygen atoms in total. The van der Waals surface area contributed by atoms with Crippen LogP contribution in [0.1, 0.15) is 53.1 Å². The van der Waals surface area contributed by atoms with E-state index in [-0.39, 0.29) is 10.8 Å². The van der Waals surface area contributed by atoms with Gasteiger partial charge in [0.15, 0.2) is 0 Å². The lowest BCUT2D eigenvalue weighted by molar-refractivity contribution is 0.620.